The minimum absolute atomic E-state index is 0.0449. The summed E-state index contributed by atoms with van der Waals surface area (Å²) in [5.41, 5.74) is -1.74. The Kier molecular flexibility index (Phi) is 4.13. The molecule has 0 aliphatic heterocycles. The summed E-state index contributed by atoms with van der Waals surface area (Å²) in [7, 11) is 1.49. The Bertz CT molecular complexity index is 511. The maximum absolute atomic E-state index is 10.9. The van der Waals surface area contributed by atoms with Crippen LogP contribution in [0.1, 0.15) is 0 Å². The van der Waals surface area contributed by atoms with Crippen molar-refractivity contribution in [3.63, 3.8) is 0 Å². The maximum Gasteiger partial charge on any atom is 0.339 e. The third kappa shape index (κ3) is 3.11. The van der Waals surface area contributed by atoms with Crippen molar-refractivity contribution in [2.75, 3.05) is 5.75 Å². The molecule has 1 aromatic heterocycles. The first-order valence-electron chi connectivity index (χ1n) is 4.09. The van der Waals surface area contributed by atoms with E-state index >= 15 is 0 Å². The molecule has 0 spiro atoms. The number of nitrogens with zero attached hydrogens (tertiary/aromatic N) is 2. The fraction of sp³-hybridized carbons (Fsp3) is 0.429. The van der Waals surface area contributed by atoms with Gasteiger partial charge in [-0.1, -0.05) is 11.8 Å². The molecule has 7 nitrogen and oxygen atoms in total. The van der Waals surface area contributed by atoms with E-state index in [1.165, 1.54) is 11.7 Å². The molecule has 88 valence electrons. The molecule has 16 heavy (non-hydrogen) atoms. The minimum Gasteiger partial charge on any atom is -0.480 e. The van der Waals surface area contributed by atoms with Crippen molar-refractivity contribution < 1.29 is 9.90 Å². The molecule has 9 heteroatoms. The van der Waals surface area contributed by atoms with Crippen LogP contribution in [0.15, 0.2) is 14.7 Å². The number of rotatable bonds is 4. The molecule has 1 atom stereocenters. The number of nitrogens with one attached hydrogen (secondary N) is 1. The smallest absolute Gasteiger partial charge is 0.339 e. The highest BCUT2D eigenvalue weighted by Crippen LogP contribution is 2.15. The lowest BCUT2D eigenvalue weighted by Crippen LogP contribution is -2.34. The number of aromatic nitrogens is 3. The van der Waals surface area contributed by atoms with E-state index < -0.39 is 22.5 Å². The number of carbonyl (C=O) groups is 1. The minimum atomic E-state index is -1.15. The number of halogens is 1. The first-order chi connectivity index (χ1) is 7.41. The Morgan fingerprint density at radius 2 is 2.31 bits per heavy atom. The van der Waals surface area contributed by atoms with Crippen LogP contribution in [0, 0.1) is 0 Å². The molecule has 1 heterocycles. The van der Waals surface area contributed by atoms with E-state index in [1.807, 2.05) is 0 Å². The van der Waals surface area contributed by atoms with Gasteiger partial charge in [-0.2, -0.15) is 4.98 Å². The summed E-state index contributed by atoms with van der Waals surface area (Å²) in [6.07, 6.45) is 0. The van der Waals surface area contributed by atoms with Gasteiger partial charge in [0.25, 0.3) is 0 Å². The Balaban J connectivity index is 2.83. The highest BCUT2D eigenvalue weighted by atomic mass is 35.5. The predicted octanol–water partition coefficient (Wildman–Crippen LogP) is -0.747. The molecule has 0 amide bonds. The number of hydrogen-bond donors (Lipinski definition) is 2. The number of thioether (sulfide) groups is 1. The van der Waals surface area contributed by atoms with E-state index in [0.717, 1.165) is 11.8 Å². The normalized spacial score (nSPS) is 12.4. The zero-order valence-corrected chi connectivity index (χ0v) is 9.71. The number of aliphatic carboxylic acids is 1. The van der Waals surface area contributed by atoms with Gasteiger partial charge in [0, 0.05) is 12.8 Å². The predicted molar refractivity (Wildman–Crippen MR) is 58.1 cm³/mol. The van der Waals surface area contributed by atoms with Crippen LogP contribution in [0.4, 0.5) is 0 Å². The van der Waals surface area contributed by atoms with Crippen LogP contribution in [-0.4, -0.2) is 37.0 Å². The average molecular weight is 266 g/mol. The lowest BCUT2D eigenvalue weighted by molar-refractivity contribution is -0.136. The fourth-order valence-corrected chi connectivity index (χ4v) is 1.82. The molecule has 2 N–H and O–H groups in total. The third-order valence-corrected chi connectivity index (χ3v) is 3.22. The van der Waals surface area contributed by atoms with E-state index in [0.29, 0.717) is 0 Å². The topological polar surface area (TPSA) is 105 Å². The molecule has 1 rings (SSSR count). The van der Waals surface area contributed by atoms with Gasteiger partial charge in [-0.25, -0.2) is 0 Å². The number of carboxylic acids is 1. The van der Waals surface area contributed by atoms with Crippen LogP contribution in [0.2, 0.25) is 0 Å². The van der Waals surface area contributed by atoms with Crippen molar-refractivity contribution in [1.82, 2.24) is 14.8 Å². The highest BCUT2D eigenvalue weighted by Gasteiger charge is 2.15. The van der Waals surface area contributed by atoms with Gasteiger partial charge in [0.1, 0.15) is 5.38 Å². The summed E-state index contributed by atoms with van der Waals surface area (Å²) in [6, 6.07) is 0. The molecule has 0 saturated heterocycles. The van der Waals surface area contributed by atoms with E-state index in [2.05, 4.69) is 10.1 Å². The van der Waals surface area contributed by atoms with Crippen LogP contribution in [-0.2, 0) is 11.8 Å². The van der Waals surface area contributed by atoms with Crippen LogP contribution in [0.5, 0.6) is 0 Å². The number of carboxylic acid groups (broad SMARTS) is 1. The molecule has 0 fully saturated rings. The number of H-pyrrole nitrogens is 1. The van der Waals surface area contributed by atoms with Gasteiger partial charge in [-0.05, 0) is 0 Å². The largest absolute Gasteiger partial charge is 0.480 e. The van der Waals surface area contributed by atoms with E-state index in [-0.39, 0.29) is 10.9 Å². The quantitative estimate of drug-likeness (QED) is 0.422. The number of hydrogen-bond acceptors (Lipinski definition) is 5. The molecular weight excluding hydrogens is 258 g/mol. The maximum atomic E-state index is 10.9. The number of alkyl halides is 1. The van der Waals surface area contributed by atoms with Crippen molar-refractivity contribution >= 4 is 29.3 Å². The second kappa shape index (κ2) is 5.17. The van der Waals surface area contributed by atoms with Gasteiger partial charge < -0.3 is 5.11 Å². The van der Waals surface area contributed by atoms with Crippen LogP contribution >= 0.6 is 23.4 Å². The van der Waals surface area contributed by atoms with Crippen molar-refractivity contribution in [2.45, 2.75) is 10.5 Å². The summed E-state index contributed by atoms with van der Waals surface area (Å²) in [6.45, 7) is 0. The molecule has 0 aliphatic rings. The Hall–Kier alpha value is -1.28. The summed E-state index contributed by atoms with van der Waals surface area (Å²) >= 11 is 6.46. The van der Waals surface area contributed by atoms with Crippen molar-refractivity contribution in [1.29, 1.82) is 0 Å². The molecule has 0 saturated carbocycles. The van der Waals surface area contributed by atoms with Gasteiger partial charge in [0.15, 0.2) is 5.16 Å². The summed E-state index contributed by atoms with van der Waals surface area (Å²) < 4.78 is 1.24. The first-order valence-corrected chi connectivity index (χ1v) is 5.51. The van der Waals surface area contributed by atoms with E-state index in [1.54, 1.807) is 0 Å². The first kappa shape index (κ1) is 12.8. The molecule has 0 radical (unpaired) electrons. The zero-order valence-electron chi connectivity index (χ0n) is 8.14. The Morgan fingerprint density at radius 1 is 1.69 bits per heavy atom. The fourth-order valence-electron chi connectivity index (χ4n) is 0.809. The van der Waals surface area contributed by atoms with E-state index in [4.69, 9.17) is 16.7 Å². The summed E-state index contributed by atoms with van der Waals surface area (Å²) in [4.78, 5) is 35.7. The van der Waals surface area contributed by atoms with Gasteiger partial charge in [-0.15, -0.1) is 11.6 Å². The number of aromatic amines is 1. The second-order valence-electron chi connectivity index (χ2n) is 2.82. The Labute approximate surface area is 98.4 Å². The van der Waals surface area contributed by atoms with Gasteiger partial charge in [0.05, 0.1) is 0 Å². The second-order valence-corrected chi connectivity index (χ2v) is 4.33. The average Bonchev–Trinajstić information content (AvgIpc) is 2.20. The third-order valence-electron chi connectivity index (χ3n) is 1.57. The molecule has 1 aromatic rings. The van der Waals surface area contributed by atoms with Gasteiger partial charge >= 0.3 is 17.1 Å². The Morgan fingerprint density at radius 3 is 2.88 bits per heavy atom. The molecule has 1 unspecified atom stereocenters. The monoisotopic (exact) mass is 265 g/mol. The molecular formula is C7H8ClN3O4S. The standard InChI is InChI=1S/C7H8ClN3O4S/c1-11-7(9-4(12)5(13)10-11)16-2-3(8)6(14)15/h3H,2H2,1H3,(H,10,13)(H,14,15). The number of aryl methyl sites for hydroxylation is 1. The van der Waals surface area contributed by atoms with Gasteiger partial charge in [0.2, 0.25) is 0 Å². The summed E-state index contributed by atoms with van der Waals surface area (Å²) in [5.74, 6) is -1.10. The van der Waals surface area contributed by atoms with Gasteiger partial charge in [-0.3, -0.25) is 24.2 Å². The van der Waals surface area contributed by atoms with Crippen LogP contribution in [0.3, 0.4) is 0 Å². The zero-order chi connectivity index (χ0) is 12.3. The van der Waals surface area contributed by atoms with Crippen LogP contribution in [0.25, 0.3) is 0 Å². The van der Waals surface area contributed by atoms with Crippen LogP contribution < -0.4 is 11.1 Å². The van der Waals surface area contributed by atoms with Crippen molar-refractivity contribution in [3.05, 3.63) is 20.7 Å². The molecule has 0 bridgehead atoms. The summed E-state index contributed by atoms with van der Waals surface area (Å²) in [5, 5.41) is 9.90. The van der Waals surface area contributed by atoms with Crippen molar-refractivity contribution in [3.8, 4) is 0 Å². The lowest BCUT2D eigenvalue weighted by Gasteiger charge is -2.06. The molecule has 0 aromatic carbocycles. The van der Waals surface area contributed by atoms with Crippen molar-refractivity contribution in [2.24, 2.45) is 7.05 Å². The highest BCUT2D eigenvalue weighted by molar-refractivity contribution is 7.99. The van der Waals surface area contributed by atoms with E-state index in [9.17, 15) is 14.4 Å². The lowest BCUT2D eigenvalue weighted by atomic mass is 10.5. The molecule has 0 aliphatic carbocycles. The SMILES string of the molecule is Cn1[nH]c(=O)c(=O)nc1SCC(Cl)C(=O)O.